The average Bonchev–Trinajstić information content (AvgIpc) is 2.69. The van der Waals surface area contributed by atoms with Crippen molar-refractivity contribution in [1.82, 2.24) is 4.57 Å². The first-order valence-corrected chi connectivity index (χ1v) is 6.10. The van der Waals surface area contributed by atoms with Crippen LogP contribution in [0.3, 0.4) is 0 Å². The smallest absolute Gasteiger partial charge is 0.283 e. The van der Waals surface area contributed by atoms with Crippen LogP contribution in [0.25, 0.3) is 0 Å². The van der Waals surface area contributed by atoms with E-state index in [1.165, 1.54) is 0 Å². The summed E-state index contributed by atoms with van der Waals surface area (Å²) in [5.41, 5.74) is 0. The summed E-state index contributed by atoms with van der Waals surface area (Å²) in [7, 11) is 1.88. The van der Waals surface area contributed by atoms with E-state index in [9.17, 15) is 4.91 Å². The van der Waals surface area contributed by atoms with Crippen LogP contribution in [0.4, 0.5) is 0 Å². The second kappa shape index (κ2) is 7.62. The van der Waals surface area contributed by atoms with E-state index in [2.05, 4.69) is 18.0 Å². The minimum absolute atomic E-state index is 0.0738. The Morgan fingerprint density at radius 1 is 1.67 bits per heavy atom. The standard InChI is InChI=1S/C13H20N3O2/c1-4-6-12(7-5-2)18-11-16-9-8-15(3)13(16)10-14-17/h1,8-9,12H,5-7,10-11H2,2-3H3/q+1. The zero-order chi connectivity index (χ0) is 13.4. The highest BCUT2D eigenvalue weighted by molar-refractivity contribution is 4.87. The molecule has 0 aliphatic heterocycles. The molecule has 0 radical (unpaired) electrons. The van der Waals surface area contributed by atoms with Crippen LogP contribution in [0.5, 0.6) is 0 Å². The predicted octanol–water partition coefficient (Wildman–Crippen LogP) is 1.75. The normalized spacial score (nSPS) is 12.1. The van der Waals surface area contributed by atoms with Gasteiger partial charge in [0.15, 0.2) is 13.3 Å². The molecule has 5 nitrogen and oxygen atoms in total. The monoisotopic (exact) mass is 250 g/mol. The van der Waals surface area contributed by atoms with Gasteiger partial charge in [0.05, 0.1) is 13.2 Å². The van der Waals surface area contributed by atoms with Crippen LogP contribution in [0.1, 0.15) is 32.0 Å². The van der Waals surface area contributed by atoms with Crippen LogP contribution in [-0.4, -0.2) is 10.7 Å². The van der Waals surface area contributed by atoms with Crippen molar-refractivity contribution in [3.63, 3.8) is 0 Å². The molecule has 0 aromatic carbocycles. The van der Waals surface area contributed by atoms with Crippen molar-refractivity contribution in [3.05, 3.63) is 23.1 Å². The van der Waals surface area contributed by atoms with Gasteiger partial charge in [-0.1, -0.05) is 18.5 Å². The maximum absolute atomic E-state index is 10.4. The number of rotatable bonds is 8. The summed E-state index contributed by atoms with van der Waals surface area (Å²) in [6.45, 7) is 2.64. The first kappa shape index (κ1) is 14.4. The van der Waals surface area contributed by atoms with E-state index in [-0.39, 0.29) is 12.6 Å². The van der Waals surface area contributed by atoms with Crippen molar-refractivity contribution < 1.29 is 9.30 Å². The summed E-state index contributed by atoms with van der Waals surface area (Å²) in [6.07, 6.45) is 11.7. The molecule has 1 atom stereocenters. The fourth-order valence-electron chi connectivity index (χ4n) is 1.82. The fourth-order valence-corrected chi connectivity index (χ4v) is 1.82. The van der Waals surface area contributed by atoms with E-state index in [0.29, 0.717) is 13.2 Å². The SMILES string of the molecule is C#CCC(CCC)OCn1cc[n+](C)c1CN=O. The Morgan fingerprint density at radius 2 is 2.44 bits per heavy atom. The summed E-state index contributed by atoms with van der Waals surface area (Å²) >= 11 is 0. The van der Waals surface area contributed by atoms with Crippen molar-refractivity contribution in [2.45, 2.75) is 45.6 Å². The molecule has 0 N–H and O–H groups in total. The van der Waals surface area contributed by atoms with Crippen molar-refractivity contribution in [1.29, 1.82) is 0 Å². The van der Waals surface area contributed by atoms with E-state index < -0.39 is 0 Å². The second-order valence-electron chi connectivity index (χ2n) is 4.20. The van der Waals surface area contributed by atoms with Crippen molar-refractivity contribution in [2.24, 2.45) is 12.2 Å². The molecule has 0 aliphatic carbocycles. The molecule has 1 heterocycles. The molecular formula is C13H20N3O2+. The number of hydrogen-bond donors (Lipinski definition) is 0. The summed E-state index contributed by atoms with van der Waals surface area (Å²) in [4.78, 5) is 10.4. The van der Waals surface area contributed by atoms with Crippen LogP contribution in [-0.2, 0) is 25.1 Å². The first-order valence-electron chi connectivity index (χ1n) is 6.10. The lowest BCUT2D eigenvalue weighted by Gasteiger charge is -2.13. The maximum Gasteiger partial charge on any atom is 0.283 e. The van der Waals surface area contributed by atoms with Gasteiger partial charge in [-0.2, -0.15) is 4.91 Å². The largest absolute Gasteiger partial charge is 0.337 e. The number of imidazole rings is 1. The molecule has 0 amide bonds. The quantitative estimate of drug-likeness (QED) is 0.401. The summed E-state index contributed by atoms with van der Waals surface area (Å²) in [6, 6.07) is 0. The van der Waals surface area contributed by atoms with E-state index in [1.807, 2.05) is 28.6 Å². The Bertz CT molecular complexity index is 420. The van der Waals surface area contributed by atoms with Crippen LogP contribution in [0, 0.1) is 17.3 Å². The molecule has 0 spiro atoms. The van der Waals surface area contributed by atoms with Crippen molar-refractivity contribution >= 4 is 0 Å². The van der Waals surface area contributed by atoms with E-state index in [4.69, 9.17) is 11.2 Å². The second-order valence-corrected chi connectivity index (χ2v) is 4.20. The van der Waals surface area contributed by atoms with Crippen molar-refractivity contribution in [3.8, 4) is 12.3 Å². The zero-order valence-electron chi connectivity index (χ0n) is 11.0. The van der Waals surface area contributed by atoms with E-state index >= 15 is 0 Å². The number of nitrogens with zero attached hydrogens (tertiary/aromatic N) is 3. The highest BCUT2D eigenvalue weighted by Crippen LogP contribution is 2.08. The highest BCUT2D eigenvalue weighted by atomic mass is 16.5. The fraction of sp³-hybridized carbons (Fsp3) is 0.615. The maximum atomic E-state index is 10.4. The Hall–Kier alpha value is -1.67. The van der Waals surface area contributed by atoms with Gasteiger partial charge in [0, 0.05) is 6.42 Å². The number of aryl methyl sites for hydroxylation is 1. The number of hydrogen-bond acceptors (Lipinski definition) is 3. The summed E-state index contributed by atoms with van der Waals surface area (Å²) < 4.78 is 9.51. The van der Waals surface area contributed by atoms with Crippen LogP contribution in [0.2, 0.25) is 0 Å². The topological polar surface area (TPSA) is 47.5 Å². The number of nitroso groups, excluding NO2 is 1. The van der Waals surface area contributed by atoms with Crippen molar-refractivity contribution in [2.75, 3.05) is 0 Å². The third-order valence-corrected chi connectivity index (χ3v) is 2.82. The number of terminal acetylenes is 1. The Labute approximate surface area is 108 Å². The summed E-state index contributed by atoms with van der Waals surface area (Å²) in [5, 5.41) is 2.92. The molecule has 5 heteroatoms. The average molecular weight is 250 g/mol. The molecule has 1 aromatic heterocycles. The molecule has 0 saturated carbocycles. The first-order chi connectivity index (χ1) is 8.72. The predicted molar refractivity (Wildman–Crippen MR) is 68.3 cm³/mol. The molecule has 0 bridgehead atoms. The van der Waals surface area contributed by atoms with Gasteiger partial charge in [0.2, 0.25) is 0 Å². The molecular weight excluding hydrogens is 230 g/mol. The molecule has 1 rings (SSSR count). The van der Waals surface area contributed by atoms with Gasteiger partial charge in [-0.25, -0.2) is 9.13 Å². The summed E-state index contributed by atoms with van der Waals surface area (Å²) in [5.74, 6) is 3.45. The Balaban J connectivity index is 2.61. The molecule has 0 aliphatic rings. The van der Waals surface area contributed by atoms with Gasteiger partial charge >= 0.3 is 0 Å². The van der Waals surface area contributed by atoms with Gasteiger partial charge < -0.3 is 4.74 Å². The molecule has 1 aromatic rings. The molecule has 98 valence electrons. The third-order valence-electron chi connectivity index (χ3n) is 2.82. The lowest BCUT2D eigenvalue weighted by atomic mass is 10.1. The highest BCUT2D eigenvalue weighted by Gasteiger charge is 2.16. The third kappa shape index (κ3) is 3.97. The van der Waals surface area contributed by atoms with Gasteiger partial charge in [-0.15, -0.1) is 12.3 Å². The zero-order valence-corrected chi connectivity index (χ0v) is 11.0. The van der Waals surface area contributed by atoms with Crippen LogP contribution in [0.15, 0.2) is 17.6 Å². The lowest BCUT2D eigenvalue weighted by Crippen LogP contribution is -2.32. The van der Waals surface area contributed by atoms with Crippen LogP contribution >= 0.6 is 0 Å². The minimum atomic E-state index is 0.0738. The van der Waals surface area contributed by atoms with E-state index in [0.717, 1.165) is 18.7 Å². The number of ether oxygens (including phenoxy) is 1. The van der Waals surface area contributed by atoms with Gasteiger partial charge in [-0.3, -0.25) is 0 Å². The van der Waals surface area contributed by atoms with Gasteiger partial charge in [0.25, 0.3) is 5.82 Å². The molecule has 18 heavy (non-hydrogen) atoms. The molecule has 1 unspecified atom stereocenters. The minimum Gasteiger partial charge on any atom is -0.337 e. The Kier molecular flexibility index (Phi) is 6.09. The molecule has 0 fully saturated rings. The van der Waals surface area contributed by atoms with E-state index in [1.54, 1.807) is 0 Å². The Morgan fingerprint density at radius 3 is 3.06 bits per heavy atom. The van der Waals surface area contributed by atoms with Gasteiger partial charge in [0.1, 0.15) is 12.4 Å². The molecule has 0 saturated heterocycles. The lowest BCUT2D eigenvalue weighted by molar-refractivity contribution is -0.679. The number of aromatic nitrogens is 2. The van der Waals surface area contributed by atoms with Gasteiger partial charge in [-0.05, 0) is 6.42 Å². The van der Waals surface area contributed by atoms with Crippen LogP contribution < -0.4 is 4.57 Å².